The fraction of sp³-hybridized carbons (Fsp3) is 0.500. The zero-order chi connectivity index (χ0) is 27.1. The third-order valence-electron chi connectivity index (χ3n) is 6.83. The lowest BCUT2D eigenvalue weighted by Crippen LogP contribution is -2.31. The molecule has 0 aliphatic heterocycles. The number of aromatic nitrogens is 4. The summed E-state index contributed by atoms with van der Waals surface area (Å²) in [6.07, 6.45) is 6.02. The maximum absolute atomic E-state index is 12.7. The van der Waals surface area contributed by atoms with Crippen LogP contribution in [-0.2, 0) is 21.1 Å². The summed E-state index contributed by atoms with van der Waals surface area (Å²) in [4.78, 5) is 37.7. The molecule has 2 aliphatic carbocycles. The number of carboxylic acid groups (broad SMARTS) is 1. The number of fused-ring (bicyclic) bond motifs is 1. The zero-order valence-corrected chi connectivity index (χ0v) is 23.1. The van der Waals surface area contributed by atoms with Gasteiger partial charge >= 0.3 is 5.97 Å². The van der Waals surface area contributed by atoms with Gasteiger partial charge in [0.25, 0.3) is 0 Å². The summed E-state index contributed by atoms with van der Waals surface area (Å²) in [5.41, 5.74) is 0.577. The molecular weight excluding hydrogens is 506 g/mol. The van der Waals surface area contributed by atoms with E-state index >= 15 is 0 Å². The van der Waals surface area contributed by atoms with E-state index in [9.17, 15) is 14.7 Å². The highest BCUT2D eigenvalue weighted by atomic mass is 28.3. The summed E-state index contributed by atoms with van der Waals surface area (Å²) in [5.74, 6) is -0.582. The second kappa shape index (κ2) is 9.99. The van der Waals surface area contributed by atoms with Crippen molar-refractivity contribution in [1.29, 1.82) is 0 Å². The van der Waals surface area contributed by atoms with E-state index in [1.807, 2.05) is 16.8 Å². The molecule has 0 spiro atoms. The first kappa shape index (κ1) is 26.1. The van der Waals surface area contributed by atoms with Crippen LogP contribution in [0.4, 0.5) is 5.82 Å². The lowest BCUT2D eigenvalue weighted by molar-refractivity contribution is -0.147. The number of aliphatic carboxylic acids is 1. The number of ether oxygens (including phenoxy) is 3. The first-order chi connectivity index (χ1) is 18.1. The first-order valence-electron chi connectivity index (χ1n) is 12.8. The Labute approximate surface area is 221 Å². The molecule has 0 bridgehead atoms. The van der Waals surface area contributed by atoms with Crippen molar-refractivity contribution in [3.63, 3.8) is 0 Å². The summed E-state index contributed by atoms with van der Waals surface area (Å²) in [6, 6.07) is 4.51. The Bertz CT molecular complexity index is 1380. The Balaban J connectivity index is 1.53. The number of methoxy groups -OCH3 is 1. The predicted molar refractivity (Wildman–Crippen MR) is 143 cm³/mol. The number of nitrogens with zero attached hydrogens (tertiary/aromatic N) is 4. The second-order valence-corrected chi connectivity index (χ2v) is 16.8. The SMILES string of the molecule is COc1ncnc(OC2CC2)c1-c1cn(COCC[Si](C)(C)C)c2nc(NC(=O)C3(C(=O)O)CC3)ccc12. The van der Waals surface area contributed by atoms with Crippen LogP contribution in [0.3, 0.4) is 0 Å². The molecule has 202 valence electrons. The van der Waals surface area contributed by atoms with Crippen LogP contribution in [0.25, 0.3) is 22.2 Å². The smallest absolute Gasteiger partial charge is 0.319 e. The fourth-order valence-corrected chi connectivity index (χ4v) is 4.90. The molecule has 0 radical (unpaired) electrons. The molecule has 0 aromatic carbocycles. The van der Waals surface area contributed by atoms with Gasteiger partial charge in [-0.05, 0) is 43.9 Å². The lowest BCUT2D eigenvalue weighted by atomic mass is 10.1. The molecule has 2 aliphatic rings. The van der Waals surface area contributed by atoms with Crippen LogP contribution in [0.15, 0.2) is 24.7 Å². The quantitative estimate of drug-likeness (QED) is 0.197. The number of pyridine rings is 1. The summed E-state index contributed by atoms with van der Waals surface area (Å²) < 4.78 is 19.6. The summed E-state index contributed by atoms with van der Waals surface area (Å²) >= 11 is 0. The van der Waals surface area contributed by atoms with Gasteiger partial charge in [0.05, 0.1) is 7.11 Å². The molecule has 3 aromatic rings. The highest BCUT2D eigenvalue weighted by Gasteiger charge is 2.57. The van der Waals surface area contributed by atoms with E-state index in [1.54, 1.807) is 13.2 Å². The molecule has 38 heavy (non-hydrogen) atoms. The molecule has 0 saturated heterocycles. The van der Waals surface area contributed by atoms with Crippen LogP contribution in [0.5, 0.6) is 11.8 Å². The Morgan fingerprint density at radius 1 is 1.18 bits per heavy atom. The molecular formula is C26H33N5O6Si. The Hall–Kier alpha value is -3.51. The molecule has 11 nitrogen and oxygen atoms in total. The van der Waals surface area contributed by atoms with Gasteiger partial charge in [0.2, 0.25) is 17.7 Å². The van der Waals surface area contributed by atoms with Crippen molar-refractivity contribution < 1.29 is 28.9 Å². The van der Waals surface area contributed by atoms with E-state index in [2.05, 4.69) is 34.9 Å². The van der Waals surface area contributed by atoms with E-state index in [4.69, 9.17) is 19.2 Å². The number of carbonyl (C=O) groups is 2. The minimum atomic E-state index is -1.37. The van der Waals surface area contributed by atoms with Crippen LogP contribution < -0.4 is 14.8 Å². The highest BCUT2D eigenvalue weighted by molar-refractivity contribution is 6.76. The molecule has 5 rings (SSSR count). The minimum Gasteiger partial charge on any atom is -0.480 e. The molecule has 2 saturated carbocycles. The van der Waals surface area contributed by atoms with Crippen molar-refractivity contribution in [3.8, 4) is 22.9 Å². The highest BCUT2D eigenvalue weighted by Crippen LogP contribution is 2.47. The summed E-state index contributed by atoms with van der Waals surface area (Å²) in [6.45, 7) is 7.75. The standard InChI is InChI=1S/C26H33N5O6Si/c1-35-22-20(23(28-14-27-22)37-16-5-6-16)18-13-31(15-36-11-12-38(2,3)4)21-17(18)7-8-19(29-21)30-24(32)26(9-10-26)25(33)34/h7-8,13-14,16H,5-6,9-12,15H2,1-4H3,(H,33,34)(H,29,30,32). The summed E-state index contributed by atoms with van der Waals surface area (Å²) in [7, 11) is 0.279. The number of amides is 1. The number of carboxylic acids is 1. The Morgan fingerprint density at radius 3 is 2.55 bits per heavy atom. The predicted octanol–water partition coefficient (Wildman–Crippen LogP) is 4.16. The van der Waals surface area contributed by atoms with Gasteiger partial charge in [-0.15, -0.1) is 0 Å². The van der Waals surface area contributed by atoms with Gasteiger partial charge in [-0.25, -0.2) is 15.0 Å². The van der Waals surface area contributed by atoms with Gasteiger partial charge in [0.1, 0.15) is 41.6 Å². The number of carbonyl (C=O) groups excluding carboxylic acids is 1. The van der Waals surface area contributed by atoms with E-state index in [0.717, 1.165) is 29.8 Å². The molecule has 12 heteroatoms. The van der Waals surface area contributed by atoms with Gasteiger partial charge in [0.15, 0.2) is 0 Å². The number of rotatable bonds is 12. The normalized spacial score (nSPS) is 16.3. The third-order valence-corrected chi connectivity index (χ3v) is 8.53. The number of hydrogen-bond acceptors (Lipinski definition) is 8. The van der Waals surface area contributed by atoms with E-state index in [-0.39, 0.29) is 18.7 Å². The fourth-order valence-electron chi connectivity index (χ4n) is 4.14. The number of anilines is 1. The first-order valence-corrected chi connectivity index (χ1v) is 16.5. The average molecular weight is 540 g/mol. The third kappa shape index (κ3) is 5.36. The van der Waals surface area contributed by atoms with Gasteiger partial charge < -0.3 is 29.2 Å². The van der Waals surface area contributed by atoms with Crippen molar-refractivity contribution in [3.05, 3.63) is 24.7 Å². The molecule has 0 atom stereocenters. The summed E-state index contributed by atoms with van der Waals surface area (Å²) in [5, 5.41) is 12.9. The van der Waals surface area contributed by atoms with Crippen LogP contribution >= 0.6 is 0 Å². The van der Waals surface area contributed by atoms with Crippen molar-refractivity contribution in [2.24, 2.45) is 5.41 Å². The minimum absolute atomic E-state index is 0.121. The van der Waals surface area contributed by atoms with Crippen molar-refractivity contribution >= 4 is 36.8 Å². The Kier molecular flexibility index (Phi) is 6.86. The number of nitrogens with one attached hydrogen (secondary N) is 1. The molecule has 3 aromatic heterocycles. The van der Waals surface area contributed by atoms with Crippen LogP contribution in [0, 0.1) is 5.41 Å². The average Bonchev–Trinajstić information content (AvgIpc) is 3.79. The molecule has 1 amide bonds. The molecule has 3 heterocycles. The lowest BCUT2D eigenvalue weighted by Gasteiger charge is -2.15. The van der Waals surface area contributed by atoms with Crippen LogP contribution in [-0.4, -0.2) is 64.4 Å². The van der Waals surface area contributed by atoms with E-state index in [1.165, 1.54) is 6.33 Å². The van der Waals surface area contributed by atoms with Gasteiger partial charge in [-0.3, -0.25) is 9.59 Å². The van der Waals surface area contributed by atoms with Crippen molar-refractivity contribution in [2.45, 2.75) is 64.2 Å². The van der Waals surface area contributed by atoms with Crippen LogP contribution in [0.1, 0.15) is 25.7 Å². The Morgan fingerprint density at radius 2 is 1.92 bits per heavy atom. The largest absolute Gasteiger partial charge is 0.480 e. The van der Waals surface area contributed by atoms with Gasteiger partial charge in [0, 0.05) is 31.8 Å². The van der Waals surface area contributed by atoms with Gasteiger partial charge in [-0.1, -0.05) is 19.6 Å². The van der Waals surface area contributed by atoms with E-state index < -0.39 is 25.4 Å². The molecule has 2 fully saturated rings. The second-order valence-electron chi connectivity index (χ2n) is 11.1. The topological polar surface area (TPSA) is 138 Å². The number of hydrogen-bond donors (Lipinski definition) is 2. The van der Waals surface area contributed by atoms with Gasteiger partial charge in [-0.2, -0.15) is 0 Å². The molecule has 0 unspecified atom stereocenters. The van der Waals surface area contributed by atoms with E-state index in [0.29, 0.717) is 42.4 Å². The zero-order valence-electron chi connectivity index (χ0n) is 22.1. The van der Waals surface area contributed by atoms with Crippen molar-refractivity contribution in [1.82, 2.24) is 19.5 Å². The monoisotopic (exact) mass is 539 g/mol. The van der Waals surface area contributed by atoms with Crippen molar-refractivity contribution in [2.75, 3.05) is 19.0 Å². The van der Waals surface area contributed by atoms with Crippen LogP contribution in [0.2, 0.25) is 25.7 Å². The molecule has 2 N–H and O–H groups in total. The maximum atomic E-state index is 12.7. The maximum Gasteiger partial charge on any atom is 0.319 e.